The predicted molar refractivity (Wildman–Crippen MR) is 64.9 cm³/mol. The smallest absolute Gasteiger partial charge is 0.144 e. The highest BCUT2D eigenvalue weighted by Crippen LogP contribution is 2.23. The number of aromatic nitrogens is 1. The maximum atomic E-state index is 13.7. The van der Waals surface area contributed by atoms with Crippen molar-refractivity contribution in [1.82, 2.24) is 4.98 Å². The van der Waals surface area contributed by atoms with Gasteiger partial charge in [-0.1, -0.05) is 18.2 Å². The lowest BCUT2D eigenvalue weighted by Crippen LogP contribution is -1.92. The van der Waals surface area contributed by atoms with Gasteiger partial charge in [-0.25, -0.2) is 9.37 Å². The van der Waals surface area contributed by atoms with Gasteiger partial charge in [0.05, 0.1) is 10.6 Å². The third-order valence-electron chi connectivity index (χ3n) is 2.21. The first-order chi connectivity index (χ1) is 8.31. The minimum atomic E-state index is -0.432. The fraction of sp³-hybridized carbons (Fsp3) is 0.0769. The highest BCUT2D eigenvalue weighted by molar-refractivity contribution is 7.98. The number of pyridine rings is 1. The van der Waals surface area contributed by atoms with Crippen LogP contribution in [0.3, 0.4) is 0 Å². The van der Waals surface area contributed by atoms with Gasteiger partial charge < -0.3 is 0 Å². The second-order valence-corrected chi connectivity index (χ2v) is 4.34. The molecular weight excluding hydrogens is 235 g/mol. The third kappa shape index (κ3) is 2.83. The van der Waals surface area contributed by atoms with Crippen LogP contribution in [0.5, 0.6) is 0 Å². The number of hydrogen-bond donors (Lipinski definition) is 0. The van der Waals surface area contributed by atoms with Crippen molar-refractivity contribution in [1.29, 1.82) is 5.26 Å². The quantitative estimate of drug-likeness (QED) is 0.776. The summed E-state index contributed by atoms with van der Waals surface area (Å²) >= 11 is 1.45. The van der Waals surface area contributed by atoms with Gasteiger partial charge >= 0.3 is 0 Å². The highest BCUT2D eigenvalue weighted by atomic mass is 32.2. The first-order valence-electron chi connectivity index (χ1n) is 5.02. The van der Waals surface area contributed by atoms with Gasteiger partial charge in [0.25, 0.3) is 0 Å². The Labute approximate surface area is 103 Å². The Hall–Kier alpha value is -1.86. The van der Waals surface area contributed by atoms with Crippen molar-refractivity contribution in [2.24, 2.45) is 0 Å². The first kappa shape index (κ1) is 11.6. The SMILES string of the molecule is N#Cc1cccc(CSc2ccccn2)c1F. The molecule has 0 amide bonds. The molecule has 0 saturated carbocycles. The molecule has 2 rings (SSSR count). The van der Waals surface area contributed by atoms with Crippen molar-refractivity contribution in [3.63, 3.8) is 0 Å². The average Bonchev–Trinajstić information content (AvgIpc) is 2.39. The number of rotatable bonds is 3. The molecule has 0 bridgehead atoms. The lowest BCUT2D eigenvalue weighted by molar-refractivity contribution is 0.613. The Bertz CT molecular complexity index is 549. The molecular formula is C13H9FN2S. The topological polar surface area (TPSA) is 36.7 Å². The Morgan fingerprint density at radius 2 is 2.12 bits per heavy atom. The minimum absolute atomic E-state index is 0.0871. The minimum Gasteiger partial charge on any atom is -0.250 e. The maximum absolute atomic E-state index is 13.7. The van der Waals surface area contributed by atoms with Crippen molar-refractivity contribution in [3.05, 3.63) is 59.5 Å². The molecule has 0 radical (unpaired) electrons. The summed E-state index contributed by atoms with van der Waals surface area (Å²) in [6.45, 7) is 0. The van der Waals surface area contributed by atoms with Crippen LogP contribution in [-0.4, -0.2) is 4.98 Å². The summed E-state index contributed by atoms with van der Waals surface area (Å²) in [5.74, 6) is 0.0386. The first-order valence-corrected chi connectivity index (χ1v) is 6.01. The summed E-state index contributed by atoms with van der Waals surface area (Å²) in [6, 6.07) is 12.3. The van der Waals surface area contributed by atoms with E-state index in [2.05, 4.69) is 4.98 Å². The van der Waals surface area contributed by atoms with E-state index in [-0.39, 0.29) is 5.56 Å². The van der Waals surface area contributed by atoms with E-state index in [9.17, 15) is 4.39 Å². The molecule has 17 heavy (non-hydrogen) atoms. The van der Waals surface area contributed by atoms with Crippen molar-refractivity contribution in [3.8, 4) is 6.07 Å². The van der Waals surface area contributed by atoms with Gasteiger partial charge in [0.15, 0.2) is 0 Å². The highest BCUT2D eigenvalue weighted by Gasteiger charge is 2.07. The molecule has 0 spiro atoms. The van der Waals surface area contributed by atoms with E-state index in [0.29, 0.717) is 11.3 Å². The van der Waals surface area contributed by atoms with Gasteiger partial charge in [-0.2, -0.15) is 5.26 Å². The Kier molecular flexibility index (Phi) is 3.73. The maximum Gasteiger partial charge on any atom is 0.144 e. The van der Waals surface area contributed by atoms with Gasteiger partial charge in [-0.3, -0.25) is 0 Å². The molecule has 2 aromatic rings. The zero-order valence-electron chi connectivity index (χ0n) is 8.93. The monoisotopic (exact) mass is 244 g/mol. The van der Waals surface area contributed by atoms with Crippen molar-refractivity contribution < 1.29 is 4.39 Å². The molecule has 1 aromatic heterocycles. The van der Waals surface area contributed by atoms with Crippen molar-refractivity contribution >= 4 is 11.8 Å². The van der Waals surface area contributed by atoms with Gasteiger partial charge in [0, 0.05) is 11.9 Å². The second kappa shape index (κ2) is 5.46. The van der Waals surface area contributed by atoms with Gasteiger partial charge in [-0.15, -0.1) is 11.8 Å². The van der Waals surface area contributed by atoms with Crippen molar-refractivity contribution in [2.45, 2.75) is 10.8 Å². The number of benzene rings is 1. The molecule has 0 unspecified atom stereocenters. The van der Waals surface area contributed by atoms with Crippen LogP contribution in [0.4, 0.5) is 4.39 Å². The normalized spacial score (nSPS) is 9.88. The zero-order chi connectivity index (χ0) is 12.1. The molecule has 0 atom stereocenters. The average molecular weight is 244 g/mol. The van der Waals surface area contributed by atoms with Crippen LogP contribution >= 0.6 is 11.8 Å². The van der Waals surface area contributed by atoms with Crippen molar-refractivity contribution in [2.75, 3.05) is 0 Å². The van der Waals surface area contributed by atoms with E-state index in [0.717, 1.165) is 5.03 Å². The number of nitrogens with zero attached hydrogens (tertiary/aromatic N) is 2. The second-order valence-electron chi connectivity index (χ2n) is 3.35. The largest absolute Gasteiger partial charge is 0.250 e. The third-order valence-corrected chi connectivity index (χ3v) is 3.21. The molecule has 0 aliphatic carbocycles. The Balaban J connectivity index is 2.13. The van der Waals surface area contributed by atoms with Crippen LogP contribution in [0, 0.1) is 17.1 Å². The van der Waals surface area contributed by atoms with Crippen LogP contribution in [0.15, 0.2) is 47.6 Å². The molecule has 2 nitrogen and oxygen atoms in total. The Morgan fingerprint density at radius 1 is 1.24 bits per heavy atom. The number of nitriles is 1. The van der Waals surface area contributed by atoms with E-state index in [1.807, 2.05) is 24.3 Å². The molecule has 0 aliphatic rings. The number of hydrogen-bond acceptors (Lipinski definition) is 3. The van der Waals surface area contributed by atoms with Crippen LogP contribution < -0.4 is 0 Å². The lowest BCUT2D eigenvalue weighted by atomic mass is 10.1. The predicted octanol–water partition coefficient (Wildman–Crippen LogP) is 3.38. The van der Waals surface area contributed by atoms with Gasteiger partial charge in [0.2, 0.25) is 0 Å². The van der Waals surface area contributed by atoms with E-state index in [1.54, 1.807) is 18.3 Å². The molecule has 0 N–H and O–H groups in total. The molecule has 0 aliphatic heterocycles. The summed E-state index contributed by atoms with van der Waals surface area (Å²) in [5.41, 5.74) is 0.615. The van der Waals surface area contributed by atoms with E-state index < -0.39 is 5.82 Å². The zero-order valence-corrected chi connectivity index (χ0v) is 9.75. The molecule has 1 aromatic carbocycles. The summed E-state index contributed by atoms with van der Waals surface area (Å²) in [7, 11) is 0. The van der Waals surface area contributed by atoms with Crippen LogP contribution in [0.2, 0.25) is 0 Å². The molecule has 4 heteroatoms. The van der Waals surface area contributed by atoms with E-state index in [4.69, 9.17) is 5.26 Å². The van der Waals surface area contributed by atoms with E-state index >= 15 is 0 Å². The van der Waals surface area contributed by atoms with Crippen LogP contribution in [-0.2, 0) is 5.75 Å². The molecule has 0 saturated heterocycles. The molecule has 1 heterocycles. The fourth-order valence-corrected chi connectivity index (χ4v) is 2.20. The van der Waals surface area contributed by atoms with Crippen LogP contribution in [0.25, 0.3) is 0 Å². The standard InChI is InChI=1S/C13H9FN2S/c14-13-10(8-15)4-3-5-11(13)9-17-12-6-1-2-7-16-12/h1-7H,9H2. The number of thioether (sulfide) groups is 1. The van der Waals surface area contributed by atoms with Gasteiger partial charge in [0.1, 0.15) is 11.9 Å². The summed E-state index contributed by atoms with van der Waals surface area (Å²) < 4.78 is 13.7. The van der Waals surface area contributed by atoms with E-state index in [1.165, 1.54) is 17.8 Å². The van der Waals surface area contributed by atoms with Gasteiger partial charge in [-0.05, 0) is 23.8 Å². The lowest BCUT2D eigenvalue weighted by Gasteiger charge is -2.03. The van der Waals surface area contributed by atoms with Crippen LogP contribution in [0.1, 0.15) is 11.1 Å². The molecule has 84 valence electrons. The summed E-state index contributed by atoms with van der Waals surface area (Å²) in [6.07, 6.45) is 1.70. The molecule has 0 fully saturated rings. The fourth-order valence-electron chi connectivity index (χ4n) is 1.36. The Morgan fingerprint density at radius 3 is 2.82 bits per heavy atom. The number of halogens is 1. The summed E-state index contributed by atoms with van der Waals surface area (Å²) in [5, 5.41) is 9.56. The summed E-state index contributed by atoms with van der Waals surface area (Å²) in [4.78, 5) is 4.14.